The number of ether oxygens (including phenoxy) is 1. The van der Waals surface area contributed by atoms with E-state index in [4.69, 9.17) is 4.74 Å². The summed E-state index contributed by atoms with van der Waals surface area (Å²) in [7, 11) is 1.89. The Morgan fingerprint density at radius 1 is 0.788 bits per heavy atom. The standard InChI is InChI=1S/C30H35NO.ClH/c1-32-30-26(18-21-31-19-6-3-7-20-31)14-15-28-22-27(16-17-29(28)30)25-12-10-24(11-13-25)23-8-4-2-5-9-23;/h2,4-5,8-13,16-17,22,26,30H,3,6-7,14-15,18-21H2,1H3;1H. The number of halogens is 1. The first kappa shape index (κ1) is 24.0. The number of rotatable bonds is 6. The first-order chi connectivity index (χ1) is 15.8. The Labute approximate surface area is 205 Å². The van der Waals surface area contributed by atoms with E-state index in [2.05, 4.69) is 77.7 Å². The fraction of sp³-hybridized carbons (Fsp3) is 0.400. The molecule has 3 heteroatoms. The second kappa shape index (κ2) is 11.3. The molecule has 3 aromatic rings. The van der Waals surface area contributed by atoms with E-state index in [9.17, 15) is 0 Å². The Hall–Kier alpha value is -2.13. The van der Waals surface area contributed by atoms with Crippen molar-refractivity contribution in [1.29, 1.82) is 0 Å². The lowest BCUT2D eigenvalue weighted by molar-refractivity contribution is 0.0315. The minimum Gasteiger partial charge on any atom is -0.376 e. The summed E-state index contributed by atoms with van der Waals surface area (Å²) in [5, 5.41) is 0. The van der Waals surface area contributed by atoms with Crippen molar-refractivity contribution in [2.45, 2.75) is 44.6 Å². The van der Waals surface area contributed by atoms with E-state index in [0.717, 1.165) is 6.42 Å². The molecule has 2 aliphatic rings. The molecule has 0 N–H and O–H groups in total. The van der Waals surface area contributed by atoms with E-state index in [1.807, 2.05) is 7.11 Å². The monoisotopic (exact) mass is 461 g/mol. The summed E-state index contributed by atoms with van der Waals surface area (Å²) in [6.07, 6.45) is 8.03. The third-order valence-corrected chi connectivity index (χ3v) is 7.51. The summed E-state index contributed by atoms with van der Waals surface area (Å²) >= 11 is 0. The Morgan fingerprint density at radius 3 is 2.12 bits per heavy atom. The molecule has 5 rings (SSSR count). The van der Waals surface area contributed by atoms with Crippen molar-refractivity contribution in [1.82, 2.24) is 4.90 Å². The summed E-state index contributed by atoms with van der Waals surface area (Å²) < 4.78 is 6.06. The van der Waals surface area contributed by atoms with Crippen molar-refractivity contribution in [3.05, 3.63) is 83.9 Å². The lowest BCUT2D eigenvalue weighted by Crippen LogP contribution is -2.33. The summed E-state index contributed by atoms with van der Waals surface area (Å²) in [5.41, 5.74) is 8.01. The van der Waals surface area contributed by atoms with Gasteiger partial charge in [-0.05, 0) is 91.0 Å². The van der Waals surface area contributed by atoms with Crippen LogP contribution >= 0.6 is 12.4 Å². The zero-order valence-electron chi connectivity index (χ0n) is 19.7. The molecule has 2 atom stereocenters. The molecule has 0 saturated carbocycles. The van der Waals surface area contributed by atoms with Crippen LogP contribution in [0.1, 0.15) is 49.3 Å². The first-order valence-corrected chi connectivity index (χ1v) is 12.4. The number of methoxy groups -OCH3 is 1. The molecule has 0 aromatic heterocycles. The van der Waals surface area contributed by atoms with Crippen LogP contribution in [0.4, 0.5) is 0 Å². The molecule has 1 saturated heterocycles. The van der Waals surface area contributed by atoms with E-state index >= 15 is 0 Å². The fourth-order valence-electron chi connectivity index (χ4n) is 5.66. The number of nitrogens with zero attached hydrogens (tertiary/aromatic N) is 1. The number of piperidine rings is 1. The van der Waals surface area contributed by atoms with Crippen molar-refractivity contribution < 1.29 is 4.74 Å². The fourth-order valence-corrected chi connectivity index (χ4v) is 5.66. The summed E-state index contributed by atoms with van der Waals surface area (Å²) in [6.45, 7) is 3.80. The highest BCUT2D eigenvalue weighted by Gasteiger charge is 2.30. The molecule has 174 valence electrons. The number of likely N-dealkylation sites (tertiary alicyclic amines) is 1. The molecule has 2 nitrogen and oxygen atoms in total. The normalized spacial score (nSPS) is 20.6. The van der Waals surface area contributed by atoms with E-state index in [1.165, 1.54) is 85.1 Å². The minimum absolute atomic E-state index is 0. The highest BCUT2D eigenvalue weighted by Crippen LogP contribution is 2.40. The molecule has 0 amide bonds. The number of fused-ring (bicyclic) bond motifs is 1. The lowest BCUT2D eigenvalue weighted by Gasteiger charge is -2.35. The van der Waals surface area contributed by atoms with Gasteiger partial charge in [0, 0.05) is 7.11 Å². The largest absolute Gasteiger partial charge is 0.376 e. The second-order valence-corrected chi connectivity index (χ2v) is 9.50. The van der Waals surface area contributed by atoms with Crippen molar-refractivity contribution in [3.8, 4) is 22.3 Å². The molecule has 1 fully saturated rings. The summed E-state index contributed by atoms with van der Waals surface area (Å²) in [5.74, 6) is 0.630. The number of hydrogen-bond donors (Lipinski definition) is 0. The topological polar surface area (TPSA) is 12.5 Å². The Kier molecular flexibility index (Phi) is 8.25. The maximum Gasteiger partial charge on any atom is 0.0852 e. The van der Waals surface area contributed by atoms with E-state index in [-0.39, 0.29) is 18.5 Å². The lowest BCUT2D eigenvalue weighted by atomic mass is 9.78. The average Bonchev–Trinajstić information content (AvgIpc) is 2.88. The molecule has 1 aliphatic carbocycles. The first-order valence-electron chi connectivity index (χ1n) is 12.4. The zero-order chi connectivity index (χ0) is 21.8. The van der Waals surface area contributed by atoms with Crippen molar-refractivity contribution in [2.24, 2.45) is 5.92 Å². The van der Waals surface area contributed by atoms with Crippen molar-refractivity contribution in [3.63, 3.8) is 0 Å². The number of hydrogen-bond acceptors (Lipinski definition) is 2. The van der Waals surface area contributed by atoms with Crippen LogP contribution < -0.4 is 0 Å². The minimum atomic E-state index is 0. The van der Waals surface area contributed by atoms with E-state index in [1.54, 1.807) is 0 Å². The van der Waals surface area contributed by atoms with Crippen molar-refractivity contribution >= 4 is 12.4 Å². The van der Waals surface area contributed by atoms with Gasteiger partial charge in [0.15, 0.2) is 0 Å². The predicted octanol–water partition coefficient (Wildman–Crippen LogP) is 7.57. The molecule has 33 heavy (non-hydrogen) atoms. The van der Waals surface area contributed by atoms with Gasteiger partial charge in [-0.3, -0.25) is 0 Å². The average molecular weight is 462 g/mol. The van der Waals surface area contributed by atoms with Gasteiger partial charge in [0.1, 0.15) is 0 Å². The van der Waals surface area contributed by atoms with Crippen LogP contribution in [0.15, 0.2) is 72.8 Å². The smallest absolute Gasteiger partial charge is 0.0852 e. The van der Waals surface area contributed by atoms with Gasteiger partial charge < -0.3 is 9.64 Å². The SMILES string of the molecule is COC1c2ccc(-c3ccc(-c4ccccc4)cc3)cc2CCC1CCN1CCCCC1.Cl. The van der Waals surface area contributed by atoms with Gasteiger partial charge in [-0.25, -0.2) is 0 Å². The van der Waals surface area contributed by atoms with Crippen LogP contribution in [0.5, 0.6) is 0 Å². The van der Waals surface area contributed by atoms with Crippen LogP contribution in [0.25, 0.3) is 22.3 Å². The molecule has 0 radical (unpaired) electrons. The summed E-state index contributed by atoms with van der Waals surface area (Å²) in [6, 6.07) is 26.6. The Bertz CT molecular complexity index is 1010. The zero-order valence-corrected chi connectivity index (χ0v) is 20.5. The molecule has 1 heterocycles. The van der Waals surface area contributed by atoms with Crippen LogP contribution in [0.2, 0.25) is 0 Å². The Balaban J connectivity index is 0.00000259. The van der Waals surface area contributed by atoms with Gasteiger partial charge >= 0.3 is 0 Å². The highest BCUT2D eigenvalue weighted by atomic mass is 35.5. The highest BCUT2D eigenvalue weighted by molar-refractivity contribution is 5.85. The van der Waals surface area contributed by atoms with Gasteiger partial charge in [0.2, 0.25) is 0 Å². The third-order valence-electron chi connectivity index (χ3n) is 7.51. The second-order valence-electron chi connectivity index (χ2n) is 9.50. The number of aryl methyl sites for hydroxylation is 1. The van der Waals surface area contributed by atoms with E-state index < -0.39 is 0 Å². The van der Waals surface area contributed by atoms with Crippen LogP contribution in [-0.2, 0) is 11.2 Å². The number of benzene rings is 3. The molecule has 0 bridgehead atoms. The van der Waals surface area contributed by atoms with Gasteiger partial charge in [-0.2, -0.15) is 0 Å². The van der Waals surface area contributed by atoms with Crippen LogP contribution in [0, 0.1) is 5.92 Å². The van der Waals surface area contributed by atoms with E-state index in [0.29, 0.717) is 5.92 Å². The maximum atomic E-state index is 6.06. The predicted molar refractivity (Wildman–Crippen MR) is 141 cm³/mol. The molecule has 3 aromatic carbocycles. The summed E-state index contributed by atoms with van der Waals surface area (Å²) in [4.78, 5) is 2.66. The molecular formula is C30H36ClNO. The van der Waals surface area contributed by atoms with Gasteiger partial charge in [0.05, 0.1) is 6.10 Å². The van der Waals surface area contributed by atoms with Gasteiger partial charge in [-0.1, -0.05) is 79.2 Å². The molecule has 2 unspecified atom stereocenters. The quantitative estimate of drug-likeness (QED) is 0.375. The van der Waals surface area contributed by atoms with Gasteiger partial charge in [0.25, 0.3) is 0 Å². The molecule has 1 aliphatic heterocycles. The molecule has 0 spiro atoms. The van der Waals surface area contributed by atoms with Crippen LogP contribution in [0.3, 0.4) is 0 Å². The van der Waals surface area contributed by atoms with Crippen LogP contribution in [-0.4, -0.2) is 31.6 Å². The van der Waals surface area contributed by atoms with Gasteiger partial charge in [-0.15, -0.1) is 12.4 Å². The maximum absolute atomic E-state index is 6.06. The molecular weight excluding hydrogens is 426 g/mol. The third kappa shape index (κ3) is 5.51. The Morgan fingerprint density at radius 2 is 1.42 bits per heavy atom. The van der Waals surface area contributed by atoms with Crippen molar-refractivity contribution in [2.75, 3.05) is 26.7 Å².